The van der Waals surface area contributed by atoms with E-state index in [1.165, 1.54) is 0 Å². The number of fused-ring (bicyclic) bond motifs is 1. The molecule has 6 atom stereocenters. The van der Waals surface area contributed by atoms with Crippen molar-refractivity contribution in [1.29, 1.82) is 0 Å². The third kappa shape index (κ3) is 3.38. The van der Waals surface area contributed by atoms with E-state index < -0.39 is 11.2 Å². The Labute approximate surface area is 141 Å². The zero-order valence-corrected chi connectivity index (χ0v) is 15.4. The lowest BCUT2D eigenvalue weighted by molar-refractivity contribution is -0.182. The summed E-state index contributed by atoms with van der Waals surface area (Å²) in [7, 11) is 0. The van der Waals surface area contributed by atoms with Gasteiger partial charge in [0.2, 0.25) is 0 Å². The van der Waals surface area contributed by atoms with E-state index in [0.717, 1.165) is 38.5 Å². The van der Waals surface area contributed by atoms with E-state index in [4.69, 9.17) is 0 Å². The average molecular weight is 325 g/mol. The van der Waals surface area contributed by atoms with Crippen molar-refractivity contribution >= 4 is 0 Å². The molecule has 0 aromatic heterocycles. The fraction of sp³-hybridized carbons (Fsp3) is 0.900. The predicted molar refractivity (Wildman–Crippen MR) is 94.0 cm³/mol. The minimum Gasteiger partial charge on any atom is -0.396 e. The number of aliphatic hydroxyl groups is 3. The summed E-state index contributed by atoms with van der Waals surface area (Å²) in [6.07, 6.45) is 8.06. The molecule has 2 aliphatic rings. The Morgan fingerprint density at radius 2 is 1.87 bits per heavy atom. The highest BCUT2D eigenvalue weighted by molar-refractivity contribution is 5.09. The first-order valence-corrected chi connectivity index (χ1v) is 9.20. The van der Waals surface area contributed by atoms with Crippen LogP contribution in [0.4, 0.5) is 0 Å². The molecule has 3 heteroatoms. The number of hydrogen-bond donors (Lipinski definition) is 3. The molecule has 0 heterocycles. The molecule has 2 rings (SSSR count). The first-order valence-electron chi connectivity index (χ1n) is 9.20. The van der Waals surface area contributed by atoms with Crippen LogP contribution in [-0.4, -0.2) is 33.1 Å². The molecule has 23 heavy (non-hydrogen) atoms. The number of aliphatic hydroxyl groups excluding tert-OH is 1. The maximum Gasteiger partial charge on any atom is 0.0797 e. The van der Waals surface area contributed by atoms with Gasteiger partial charge in [-0.3, -0.25) is 0 Å². The van der Waals surface area contributed by atoms with Crippen molar-refractivity contribution in [2.45, 2.75) is 83.8 Å². The summed E-state index contributed by atoms with van der Waals surface area (Å²) in [5.41, 5.74) is -1.60. The van der Waals surface area contributed by atoms with Gasteiger partial charge in [0.25, 0.3) is 0 Å². The van der Waals surface area contributed by atoms with E-state index in [2.05, 4.69) is 20.4 Å². The Bertz CT molecular complexity index is 442. The maximum absolute atomic E-state index is 11.1. The van der Waals surface area contributed by atoms with Crippen molar-refractivity contribution in [3.05, 3.63) is 12.7 Å². The summed E-state index contributed by atoms with van der Waals surface area (Å²) in [4.78, 5) is 0. The van der Waals surface area contributed by atoms with Crippen molar-refractivity contribution in [3.8, 4) is 0 Å². The Morgan fingerprint density at radius 3 is 2.43 bits per heavy atom. The summed E-state index contributed by atoms with van der Waals surface area (Å²) < 4.78 is 0. The van der Waals surface area contributed by atoms with Crippen LogP contribution >= 0.6 is 0 Å². The summed E-state index contributed by atoms with van der Waals surface area (Å²) >= 11 is 0. The molecule has 2 saturated carbocycles. The van der Waals surface area contributed by atoms with Crippen LogP contribution in [0.25, 0.3) is 0 Å². The first-order chi connectivity index (χ1) is 10.5. The quantitative estimate of drug-likeness (QED) is 0.676. The Hall–Kier alpha value is -0.380. The molecule has 0 aliphatic heterocycles. The van der Waals surface area contributed by atoms with Gasteiger partial charge >= 0.3 is 0 Å². The van der Waals surface area contributed by atoms with E-state index in [0.29, 0.717) is 12.3 Å². The number of hydrogen-bond acceptors (Lipinski definition) is 3. The Balaban J connectivity index is 2.30. The van der Waals surface area contributed by atoms with Gasteiger partial charge in [-0.15, -0.1) is 6.58 Å². The third-order valence-electron chi connectivity index (χ3n) is 7.33. The van der Waals surface area contributed by atoms with Crippen LogP contribution in [0.2, 0.25) is 0 Å². The van der Waals surface area contributed by atoms with Crippen LogP contribution < -0.4 is 0 Å². The molecule has 0 aromatic rings. The summed E-state index contributed by atoms with van der Waals surface area (Å²) in [6.45, 7) is 12.2. The molecule has 0 spiro atoms. The maximum atomic E-state index is 11.1. The lowest BCUT2D eigenvalue weighted by Crippen LogP contribution is -2.59. The van der Waals surface area contributed by atoms with Crippen LogP contribution in [0, 0.1) is 22.7 Å². The highest BCUT2D eigenvalue weighted by atomic mass is 16.3. The van der Waals surface area contributed by atoms with Crippen molar-refractivity contribution < 1.29 is 15.3 Å². The van der Waals surface area contributed by atoms with Gasteiger partial charge in [-0.2, -0.15) is 0 Å². The van der Waals surface area contributed by atoms with Crippen molar-refractivity contribution in [1.82, 2.24) is 0 Å². The van der Waals surface area contributed by atoms with Gasteiger partial charge in [0.05, 0.1) is 11.2 Å². The van der Waals surface area contributed by atoms with Crippen molar-refractivity contribution in [2.24, 2.45) is 22.7 Å². The summed E-state index contributed by atoms with van der Waals surface area (Å²) in [5, 5.41) is 31.4. The second-order valence-corrected chi connectivity index (χ2v) is 9.27. The van der Waals surface area contributed by atoms with E-state index in [1.807, 2.05) is 6.92 Å². The molecule has 134 valence electrons. The van der Waals surface area contributed by atoms with E-state index in [-0.39, 0.29) is 23.4 Å². The second kappa shape index (κ2) is 6.16. The minimum atomic E-state index is -0.881. The van der Waals surface area contributed by atoms with Crippen LogP contribution in [-0.2, 0) is 0 Å². The first kappa shape index (κ1) is 19.0. The molecule has 2 fully saturated rings. The normalized spacial score (nSPS) is 46.7. The van der Waals surface area contributed by atoms with E-state index in [1.54, 1.807) is 13.0 Å². The largest absolute Gasteiger partial charge is 0.396 e. The molecule has 0 amide bonds. The number of rotatable bonds is 5. The van der Waals surface area contributed by atoms with Gasteiger partial charge in [0.15, 0.2) is 0 Å². The van der Waals surface area contributed by atoms with Gasteiger partial charge in [0.1, 0.15) is 0 Å². The monoisotopic (exact) mass is 324 g/mol. The molecular formula is C20H36O3. The molecule has 0 saturated heterocycles. The molecule has 3 N–H and O–H groups in total. The van der Waals surface area contributed by atoms with Crippen LogP contribution in [0.15, 0.2) is 12.7 Å². The average Bonchev–Trinajstić information content (AvgIpc) is 2.45. The zero-order chi connectivity index (χ0) is 17.5. The molecular weight excluding hydrogens is 288 g/mol. The zero-order valence-electron chi connectivity index (χ0n) is 15.4. The third-order valence-corrected chi connectivity index (χ3v) is 7.33. The Kier molecular flexibility index (Phi) is 5.08. The fourth-order valence-electron chi connectivity index (χ4n) is 5.80. The predicted octanol–water partition coefficient (Wildman–Crippen LogP) is 3.67. The van der Waals surface area contributed by atoms with Crippen LogP contribution in [0.3, 0.4) is 0 Å². The standard InChI is InChI=1S/C20H36O3/c1-6-18(3,22)12-8-16-19(4)11-7-10-17(2,14-21)15(19)9-13-20(16,5)23/h6,15-16,21-23H,1,7-14H2,2-5H3/t15-,16+,17+,18-,19-,20+/m0/s1. The highest BCUT2D eigenvalue weighted by Gasteiger charge is 2.58. The Morgan fingerprint density at radius 1 is 1.22 bits per heavy atom. The molecule has 0 bridgehead atoms. The molecule has 3 nitrogen and oxygen atoms in total. The molecule has 0 unspecified atom stereocenters. The van der Waals surface area contributed by atoms with E-state index in [9.17, 15) is 15.3 Å². The van der Waals surface area contributed by atoms with Gasteiger partial charge in [-0.1, -0.05) is 26.3 Å². The lowest BCUT2D eigenvalue weighted by Gasteiger charge is -2.61. The van der Waals surface area contributed by atoms with Gasteiger partial charge in [-0.25, -0.2) is 0 Å². The lowest BCUT2D eigenvalue weighted by atomic mass is 9.45. The molecule has 0 radical (unpaired) electrons. The molecule has 2 aliphatic carbocycles. The highest BCUT2D eigenvalue weighted by Crippen LogP contribution is 2.63. The molecule has 0 aromatic carbocycles. The van der Waals surface area contributed by atoms with Gasteiger partial charge < -0.3 is 15.3 Å². The smallest absolute Gasteiger partial charge is 0.0797 e. The van der Waals surface area contributed by atoms with Crippen LogP contribution in [0.5, 0.6) is 0 Å². The van der Waals surface area contributed by atoms with E-state index >= 15 is 0 Å². The topological polar surface area (TPSA) is 60.7 Å². The summed E-state index contributed by atoms with van der Waals surface area (Å²) in [5.74, 6) is 0.582. The van der Waals surface area contributed by atoms with Crippen molar-refractivity contribution in [3.63, 3.8) is 0 Å². The summed E-state index contributed by atoms with van der Waals surface area (Å²) in [6, 6.07) is 0. The minimum absolute atomic E-state index is 0.0225. The van der Waals surface area contributed by atoms with Gasteiger partial charge in [0, 0.05) is 6.61 Å². The SMILES string of the molecule is C=C[C@](C)(O)CC[C@@H]1[C@@]2(C)CCC[C@](C)(CO)[C@@H]2CC[C@@]1(C)O. The van der Waals surface area contributed by atoms with Crippen LogP contribution in [0.1, 0.15) is 72.6 Å². The van der Waals surface area contributed by atoms with Gasteiger partial charge in [-0.05, 0) is 75.0 Å². The second-order valence-electron chi connectivity index (χ2n) is 9.27. The van der Waals surface area contributed by atoms with Crippen molar-refractivity contribution in [2.75, 3.05) is 6.61 Å². The fourth-order valence-corrected chi connectivity index (χ4v) is 5.80.